The molecule has 8 aromatic carbocycles. The Hall–Kier alpha value is -7.56. The predicted octanol–water partition coefficient (Wildman–Crippen LogP) is 11.4. The zero-order valence-corrected chi connectivity index (χ0v) is 33.0. The third-order valence-electron chi connectivity index (χ3n) is 15.4. The Bertz CT molecular complexity index is 4040. The second-order valence-corrected chi connectivity index (χ2v) is 17.7. The second kappa shape index (κ2) is 9.65. The number of hydrogen-bond donors (Lipinski definition) is 0. The number of aryl methyl sites for hydroxylation is 2. The highest BCUT2D eigenvalue weighted by molar-refractivity contribution is 6.20. The van der Waals surface area contributed by atoms with E-state index < -0.39 is 11.1 Å². The van der Waals surface area contributed by atoms with Crippen LogP contribution >= 0.6 is 0 Å². The van der Waals surface area contributed by atoms with Gasteiger partial charge in [0.1, 0.15) is 29.6 Å². The molecule has 2 aliphatic carbocycles. The molecule has 0 radical (unpaired) electrons. The van der Waals surface area contributed by atoms with Gasteiger partial charge in [-0.2, -0.15) is 17.9 Å². The highest BCUT2D eigenvalue weighted by Crippen LogP contribution is 2.65. The summed E-state index contributed by atoms with van der Waals surface area (Å²) in [6.07, 6.45) is 7.23. The summed E-state index contributed by atoms with van der Waals surface area (Å²) in [6.45, 7) is 4.55. The number of nitrogens with zero attached hydrogens (tertiary/aromatic N) is 4. The van der Waals surface area contributed by atoms with Gasteiger partial charge in [0.2, 0.25) is 0 Å². The summed E-state index contributed by atoms with van der Waals surface area (Å²) >= 11 is 0. The maximum Gasteiger partial charge on any atom is 0.308 e. The summed E-state index contributed by atoms with van der Waals surface area (Å²) in [6, 6.07) is 58.0. The molecule has 12 aromatic rings. The van der Waals surface area contributed by atoms with Gasteiger partial charge in [-0.25, -0.2) is 0 Å². The van der Waals surface area contributed by atoms with Crippen LogP contribution in [-0.4, -0.2) is 8.80 Å². The van der Waals surface area contributed by atoms with Gasteiger partial charge in [-0.1, -0.05) is 133 Å². The van der Waals surface area contributed by atoms with Crippen molar-refractivity contribution in [3.05, 3.63) is 215 Å². The lowest BCUT2D eigenvalue weighted by molar-refractivity contribution is -0.944. The molecule has 0 amide bonds. The molecule has 0 bridgehead atoms. The molecule has 4 nitrogen and oxygen atoms in total. The molecule has 1 atom stereocenters. The van der Waals surface area contributed by atoms with Crippen LogP contribution in [0.25, 0.3) is 87.8 Å². The van der Waals surface area contributed by atoms with Gasteiger partial charge in [0.25, 0.3) is 11.3 Å². The van der Waals surface area contributed by atoms with Crippen LogP contribution in [0.3, 0.4) is 0 Å². The predicted molar refractivity (Wildman–Crippen MR) is 240 cm³/mol. The molecule has 4 aromatic heterocycles. The van der Waals surface area contributed by atoms with E-state index in [2.05, 4.69) is 202 Å². The van der Waals surface area contributed by atoms with E-state index >= 15 is 0 Å². The first-order chi connectivity index (χ1) is 29.6. The van der Waals surface area contributed by atoms with Crippen molar-refractivity contribution >= 4 is 65.4 Å². The zero-order valence-electron chi connectivity index (χ0n) is 33.0. The fourth-order valence-electron chi connectivity index (χ4n) is 13.4. The molecule has 0 saturated carbocycles. The maximum atomic E-state index is 2.71. The van der Waals surface area contributed by atoms with Crippen LogP contribution in [0, 0.1) is 13.8 Å². The molecule has 2 spiro atoms. The average Bonchev–Trinajstić information content (AvgIpc) is 4.09. The van der Waals surface area contributed by atoms with Crippen molar-refractivity contribution in [1.29, 1.82) is 0 Å². The standard InChI is InChI=1S/C56H34N4/c1-31-12-11-13-32(2)48(31)47-30-59-54-50-39(40-28-33-14-3-4-15-34(33)29-46(40)60(47)54)23-25-44-52(50)56(59)51-43(55(44)41-19-8-5-16-35(41)36-17-6-9-20-42(36)55)24-22-38-37-18-7-10-21-45(37)57-26-27-58(56)53(57)49(38)51/h3-30H,1-2H3/q+2. The van der Waals surface area contributed by atoms with Crippen molar-refractivity contribution in [2.24, 2.45) is 0 Å². The highest BCUT2D eigenvalue weighted by atomic mass is 15.4. The smallest absolute Gasteiger partial charge is 0.195 e. The normalized spacial score (nSPS) is 17.0. The number of aromatic nitrogens is 4. The largest absolute Gasteiger partial charge is 0.308 e. The van der Waals surface area contributed by atoms with Crippen molar-refractivity contribution in [3.8, 4) is 22.4 Å². The van der Waals surface area contributed by atoms with Crippen LogP contribution in [-0.2, 0) is 11.1 Å². The van der Waals surface area contributed by atoms with Crippen LogP contribution < -0.4 is 9.13 Å². The quantitative estimate of drug-likeness (QED) is 0.0900. The van der Waals surface area contributed by atoms with Crippen LogP contribution in [0.1, 0.15) is 44.5 Å². The Morgan fingerprint density at radius 1 is 0.483 bits per heavy atom. The van der Waals surface area contributed by atoms with Crippen molar-refractivity contribution in [1.82, 2.24) is 8.80 Å². The molecule has 6 heterocycles. The molecular formula is C56H34N4+2. The Morgan fingerprint density at radius 3 is 1.83 bits per heavy atom. The molecule has 16 rings (SSSR count). The van der Waals surface area contributed by atoms with E-state index in [4.69, 9.17) is 0 Å². The van der Waals surface area contributed by atoms with Crippen LogP contribution in [0.4, 0.5) is 0 Å². The number of hydrogen-bond acceptors (Lipinski definition) is 0. The number of pyridine rings is 2. The lowest BCUT2D eigenvalue weighted by atomic mass is 9.58. The van der Waals surface area contributed by atoms with Crippen molar-refractivity contribution in [2.45, 2.75) is 24.9 Å². The van der Waals surface area contributed by atoms with E-state index in [1.54, 1.807) is 0 Å². The summed E-state index contributed by atoms with van der Waals surface area (Å²) in [7, 11) is 0. The summed E-state index contributed by atoms with van der Waals surface area (Å²) < 4.78 is 10.5. The lowest BCUT2D eigenvalue weighted by Gasteiger charge is -2.43. The molecular weight excluding hydrogens is 729 g/mol. The van der Waals surface area contributed by atoms with E-state index in [9.17, 15) is 0 Å². The van der Waals surface area contributed by atoms with Gasteiger partial charge in [-0.15, -0.1) is 0 Å². The van der Waals surface area contributed by atoms with E-state index in [1.165, 1.54) is 132 Å². The topological polar surface area (TPSA) is 16.6 Å². The second-order valence-electron chi connectivity index (χ2n) is 17.7. The first kappa shape index (κ1) is 30.5. The monoisotopic (exact) mass is 762 g/mol. The van der Waals surface area contributed by atoms with Gasteiger partial charge in [0.05, 0.1) is 27.3 Å². The van der Waals surface area contributed by atoms with E-state index in [-0.39, 0.29) is 0 Å². The number of rotatable bonds is 1. The molecule has 4 heteroatoms. The molecule has 1 unspecified atom stereocenters. The molecule has 0 saturated heterocycles. The first-order valence-corrected chi connectivity index (χ1v) is 21.2. The Balaban J connectivity index is 1.24. The minimum atomic E-state index is -0.685. The number of fused-ring (bicyclic) bond motifs is 14. The fraction of sp³-hybridized carbons (Fsp3) is 0.0714. The Kier molecular flexibility index (Phi) is 4.91. The Morgan fingerprint density at radius 2 is 1.10 bits per heavy atom. The summed E-state index contributed by atoms with van der Waals surface area (Å²) in [4.78, 5) is 0. The third-order valence-corrected chi connectivity index (χ3v) is 15.4. The maximum absolute atomic E-state index is 2.71. The van der Waals surface area contributed by atoms with Gasteiger partial charge < -0.3 is 0 Å². The average molecular weight is 763 g/mol. The minimum absolute atomic E-state index is 0.523. The van der Waals surface area contributed by atoms with E-state index in [0.717, 1.165) is 0 Å². The van der Waals surface area contributed by atoms with Gasteiger partial charge >= 0.3 is 5.66 Å². The van der Waals surface area contributed by atoms with Crippen LogP contribution in [0.15, 0.2) is 170 Å². The van der Waals surface area contributed by atoms with Crippen LogP contribution in [0.5, 0.6) is 0 Å². The molecule has 60 heavy (non-hydrogen) atoms. The SMILES string of the molecule is Cc1cccc(C)c1-c1c[n+]2c3c4c5c(ccc4c4cc6ccccc6cc4n13)C1(c3ccccc3-c3ccccc31)c1ccc3c4ccccc4n4cc[n+]6c4c3c1C562. The van der Waals surface area contributed by atoms with Gasteiger partial charge in [-0.05, 0) is 87.3 Å². The molecule has 0 fully saturated rings. The number of imidazole rings is 2. The first-order valence-electron chi connectivity index (χ1n) is 21.2. The molecule has 2 aliphatic heterocycles. The zero-order chi connectivity index (χ0) is 39.0. The molecule has 0 N–H and O–H groups in total. The van der Waals surface area contributed by atoms with Crippen LogP contribution in [0.2, 0.25) is 0 Å². The molecule has 4 aliphatic rings. The Labute approximate surface area is 344 Å². The third kappa shape index (κ3) is 2.92. The highest BCUT2D eigenvalue weighted by Gasteiger charge is 2.69. The van der Waals surface area contributed by atoms with Crippen molar-refractivity contribution in [2.75, 3.05) is 0 Å². The molecule has 276 valence electrons. The van der Waals surface area contributed by atoms with Gasteiger partial charge in [-0.3, -0.25) is 0 Å². The van der Waals surface area contributed by atoms with Crippen molar-refractivity contribution in [3.63, 3.8) is 0 Å². The lowest BCUT2D eigenvalue weighted by Crippen LogP contribution is -2.72. The number of benzene rings is 8. The van der Waals surface area contributed by atoms with Crippen molar-refractivity contribution < 1.29 is 9.13 Å². The fourth-order valence-corrected chi connectivity index (χ4v) is 13.4. The van der Waals surface area contributed by atoms with E-state index in [0.29, 0.717) is 0 Å². The van der Waals surface area contributed by atoms with E-state index in [1.807, 2.05) is 0 Å². The minimum Gasteiger partial charge on any atom is -0.195 e. The summed E-state index contributed by atoms with van der Waals surface area (Å²) in [5.41, 5.74) is 19.8. The summed E-state index contributed by atoms with van der Waals surface area (Å²) in [5.74, 6) is 0. The number of para-hydroxylation sites is 1. The summed E-state index contributed by atoms with van der Waals surface area (Å²) in [5, 5.41) is 10.4. The van der Waals surface area contributed by atoms with Gasteiger partial charge in [0.15, 0.2) is 5.69 Å². The van der Waals surface area contributed by atoms with Gasteiger partial charge in [0, 0.05) is 27.1 Å².